The maximum absolute atomic E-state index is 6.78. The zero-order valence-electron chi connectivity index (χ0n) is 16.2. The molecular formula is C18H36O2Si3. The third kappa shape index (κ3) is 6.66. The molecule has 0 heterocycles. The second kappa shape index (κ2) is 9.94. The van der Waals surface area contributed by atoms with Crippen LogP contribution in [0.3, 0.4) is 0 Å². The first kappa shape index (κ1) is 20.8. The van der Waals surface area contributed by atoms with Gasteiger partial charge < -0.3 is 8.23 Å². The molecule has 0 saturated heterocycles. The van der Waals surface area contributed by atoms with Crippen LogP contribution in [0.2, 0.25) is 22.2 Å². The molecule has 132 valence electrons. The summed E-state index contributed by atoms with van der Waals surface area (Å²) >= 11 is 0. The molecule has 0 radical (unpaired) electrons. The molecule has 0 spiro atoms. The summed E-state index contributed by atoms with van der Waals surface area (Å²) in [6, 6.07) is 10.7. The van der Waals surface area contributed by atoms with Gasteiger partial charge in [-0.25, -0.2) is 0 Å². The standard InChI is InChI=1S/C18H36O2Si3/c1-14(2)21(15(3)4)19-23(18-12-10-9-11-13-18)20-22(16(5)6)17(7)8/h9-17,21-23H,1-8H3. The second-order valence-corrected chi connectivity index (χ2v) is 18.6. The average molecular weight is 369 g/mol. The Balaban J connectivity index is 3.02. The molecule has 0 aliphatic carbocycles. The van der Waals surface area contributed by atoms with Gasteiger partial charge in [0.05, 0.1) is 0 Å². The van der Waals surface area contributed by atoms with Gasteiger partial charge in [0.15, 0.2) is 18.1 Å². The molecule has 5 heteroatoms. The first-order chi connectivity index (χ1) is 10.7. The highest BCUT2D eigenvalue weighted by Crippen LogP contribution is 2.25. The van der Waals surface area contributed by atoms with Gasteiger partial charge in [0.25, 0.3) is 0 Å². The lowest BCUT2D eigenvalue weighted by Gasteiger charge is -2.33. The van der Waals surface area contributed by atoms with Crippen molar-refractivity contribution >= 4 is 32.6 Å². The number of hydrogen-bond donors (Lipinski definition) is 0. The molecular weight excluding hydrogens is 332 g/mol. The summed E-state index contributed by atoms with van der Waals surface area (Å²) in [6.45, 7) is 18.5. The Hall–Kier alpha value is -0.209. The molecule has 0 aliphatic rings. The van der Waals surface area contributed by atoms with E-state index in [0.717, 1.165) is 0 Å². The monoisotopic (exact) mass is 368 g/mol. The first-order valence-corrected chi connectivity index (χ1v) is 14.2. The lowest BCUT2D eigenvalue weighted by Crippen LogP contribution is -2.48. The van der Waals surface area contributed by atoms with E-state index >= 15 is 0 Å². The Bertz CT molecular complexity index is 397. The van der Waals surface area contributed by atoms with Crippen molar-refractivity contribution in [1.82, 2.24) is 0 Å². The van der Waals surface area contributed by atoms with E-state index in [2.05, 4.69) is 85.7 Å². The van der Waals surface area contributed by atoms with Crippen LogP contribution in [-0.2, 0) is 8.23 Å². The van der Waals surface area contributed by atoms with Gasteiger partial charge in [0.2, 0.25) is 0 Å². The minimum absolute atomic E-state index is 0.649. The summed E-state index contributed by atoms with van der Waals surface area (Å²) in [7, 11) is -4.35. The Morgan fingerprint density at radius 2 is 0.957 bits per heavy atom. The fourth-order valence-electron chi connectivity index (χ4n) is 3.25. The van der Waals surface area contributed by atoms with Gasteiger partial charge in [-0.15, -0.1) is 0 Å². The number of hydrogen-bond acceptors (Lipinski definition) is 2. The Morgan fingerprint density at radius 3 is 1.26 bits per heavy atom. The van der Waals surface area contributed by atoms with E-state index in [-0.39, 0.29) is 0 Å². The summed E-state index contributed by atoms with van der Waals surface area (Å²) in [5, 5.41) is 1.31. The molecule has 0 aliphatic heterocycles. The van der Waals surface area contributed by atoms with E-state index in [1.165, 1.54) is 5.19 Å². The van der Waals surface area contributed by atoms with Gasteiger partial charge in [-0.3, -0.25) is 0 Å². The topological polar surface area (TPSA) is 18.5 Å². The number of rotatable bonds is 9. The maximum atomic E-state index is 6.78. The highest BCUT2D eigenvalue weighted by Gasteiger charge is 2.32. The van der Waals surface area contributed by atoms with Crippen LogP contribution < -0.4 is 5.19 Å². The van der Waals surface area contributed by atoms with Crippen LogP contribution in [-0.4, -0.2) is 27.4 Å². The van der Waals surface area contributed by atoms with E-state index in [1.807, 2.05) is 0 Å². The Labute approximate surface area is 148 Å². The van der Waals surface area contributed by atoms with Crippen molar-refractivity contribution < 1.29 is 8.23 Å². The van der Waals surface area contributed by atoms with Crippen molar-refractivity contribution in [2.24, 2.45) is 0 Å². The highest BCUT2D eigenvalue weighted by molar-refractivity contribution is 6.77. The van der Waals surface area contributed by atoms with Crippen molar-refractivity contribution in [3.8, 4) is 0 Å². The summed E-state index contributed by atoms with van der Waals surface area (Å²) in [5.74, 6) is 0. The number of benzene rings is 1. The van der Waals surface area contributed by atoms with Crippen molar-refractivity contribution in [2.75, 3.05) is 0 Å². The minimum atomic E-state index is -1.81. The highest BCUT2D eigenvalue weighted by atomic mass is 28.4. The zero-order valence-corrected chi connectivity index (χ0v) is 19.7. The fraction of sp³-hybridized carbons (Fsp3) is 0.667. The van der Waals surface area contributed by atoms with Crippen LogP contribution in [0.1, 0.15) is 55.4 Å². The van der Waals surface area contributed by atoms with Crippen molar-refractivity contribution in [1.29, 1.82) is 0 Å². The Kier molecular flexibility index (Phi) is 9.00. The molecule has 0 saturated carbocycles. The largest absolute Gasteiger partial charge is 0.437 e. The Morgan fingerprint density at radius 1 is 0.609 bits per heavy atom. The molecule has 0 unspecified atom stereocenters. The van der Waals surface area contributed by atoms with Gasteiger partial charge in [0.1, 0.15) is 0 Å². The molecule has 2 nitrogen and oxygen atoms in total. The molecule has 0 bridgehead atoms. The third-order valence-electron chi connectivity index (χ3n) is 4.26. The van der Waals surface area contributed by atoms with Gasteiger partial charge >= 0.3 is 9.28 Å². The maximum Gasteiger partial charge on any atom is 0.334 e. The van der Waals surface area contributed by atoms with E-state index in [4.69, 9.17) is 8.23 Å². The van der Waals surface area contributed by atoms with E-state index in [9.17, 15) is 0 Å². The van der Waals surface area contributed by atoms with Crippen molar-refractivity contribution in [2.45, 2.75) is 77.6 Å². The second-order valence-electron chi connectivity index (χ2n) is 7.92. The molecule has 1 aromatic carbocycles. The van der Waals surface area contributed by atoms with Gasteiger partial charge in [-0.2, -0.15) is 0 Å². The van der Waals surface area contributed by atoms with Gasteiger partial charge in [0, 0.05) is 0 Å². The van der Waals surface area contributed by atoms with Crippen molar-refractivity contribution in [3.63, 3.8) is 0 Å². The predicted molar refractivity (Wildman–Crippen MR) is 110 cm³/mol. The van der Waals surface area contributed by atoms with Crippen LogP contribution in [0.25, 0.3) is 0 Å². The molecule has 0 aromatic heterocycles. The molecule has 1 aromatic rings. The van der Waals surface area contributed by atoms with Crippen LogP contribution in [0.5, 0.6) is 0 Å². The summed E-state index contributed by atoms with van der Waals surface area (Å²) < 4.78 is 13.6. The molecule has 1 rings (SSSR count). The summed E-state index contributed by atoms with van der Waals surface area (Å²) in [5.41, 5.74) is 2.59. The fourth-order valence-corrected chi connectivity index (χ4v) is 16.3. The molecule has 0 atom stereocenters. The zero-order chi connectivity index (χ0) is 17.6. The molecule has 23 heavy (non-hydrogen) atoms. The smallest absolute Gasteiger partial charge is 0.334 e. The van der Waals surface area contributed by atoms with E-state index in [0.29, 0.717) is 22.2 Å². The van der Waals surface area contributed by atoms with Crippen molar-refractivity contribution in [3.05, 3.63) is 30.3 Å². The summed E-state index contributed by atoms with van der Waals surface area (Å²) in [4.78, 5) is 0. The molecule has 0 fully saturated rings. The van der Waals surface area contributed by atoms with Crippen LogP contribution in [0.15, 0.2) is 30.3 Å². The predicted octanol–water partition coefficient (Wildman–Crippen LogP) is 4.23. The molecule has 0 amide bonds. The van der Waals surface area contributed by atoms with Gasteiger partial charge in [-0.1, -0.05) is 85.7 Å². The van der Waals surface area contributed by atoms with E-state index < -0.39 is 27.4 Å². The lowest BCUT2D eigenvalue weighted by molar-refractivity contribution is 0.424. The van der Waals surface area contributed by atoms with Crippen LogP contribution in [0, 0.1) is 0 Å². The quantitative estimate of drug-likeness (QED) is 0.607. The lowest BCUT2D eigenvalue weighted by atomic mass is 10.4. The SMILES string of the molecule is CC(C)[SiH](O[SiH](O[SiH](C(C)C)C(C)C)c1ccccc1)C(C)C. The van der Waals surface area contributed by atoms with Crippen LogP contribution in [0.4, 0.5) is 0 Å². The van der Waals surface area contributed by atoms with Gasteiger partial charge in [-0.05, 0) is 27.4 Å². The average Bonchev–Trinajstić information content (AvgIpc) is 2.46. The third-order valence-corrected chi connectivity index (χ3v) is 14.9. The molecule has 0 N–H and O–H groups in total. The normalized spacial score (nSPS) is 12.8. The minimum Gasteiger partial charge on any atom is -0.437 e. The van der Waals surface area contributed by atoms with E-state index in [1.54, 1.807) is 0 Å². The first-order valence-electron chi connectivity index (χ1n) is 9.09. The van der Waals surface area contributed by atoms with Crippen LogP contribution >= 0.6 is 0 Å². The summed E-state index contributed by atoms with van der Waals surface area (Å²) in [6.07, 6.45) is 0.